The predicted molar refractivity (Wildman–Crippen MR) is 61.3 cm³/mol. The molecule has 0 aliphatic heterocycles. The molecule has 1 aromatic heterocycles. The zero-order chi connectivity index (χ0) is 9.97. The third kappa shape index (κ3) is 1.91. The first-order chi connectivity index (χ1) is 6.79. The zero-order valence-corrected chi connectivity index (χ0v) is 9.23. The summed E-state index contributed by atoms with van der Waals surface area (Å²) in [5.41, 5.74) is 1.14. The highest BCUT2D eigenvalue weighted by Crippen LogP contribution is 2.31. The van der Waals surface area contributed by atoms with E-state index in [9.17, 15) is 0 Å². The molecule has 1 heterocycles. The van der Waals surface area contributed by atoms with Gasteiger partial charge in [0.25, 0.3) is 0 Å². The highest BCUT2D eigenvalue weighted by atomic mass is 35.5. The summed E-state index contributed by atoms with van der Waals surface area (Å²) in [6, 6.07) is 9.91. The summed E-state index contributed by atoms with van der Waals surface area (Å²) in [6.07, 6.45) is 0. The molecule has 0 bridgehead atoms. The van der Waals surface area contributed by atoms with Gasteiger partial charge in [0.2, 0.25) is 0 Å². The highest BCUT2D eigenvalue weighted by Gasteiger charge is 2.02. The molecule has 3 heteroatoms. The molecule has 0 unspecified atom stereocenters. The predicted octanol–water partition coefficient (Wildman–Crippen LogP) is 4.08. The van der Waals surface area contributed by atoms with Gasteiger partial charge in [-0.25, -0.2) is 0 Å². The second kappa shape index (κ2) is 4.03. The van der Waals surface area contributed by atoms with Gasteiger partial charge in [-0.05, 0) is 23.8 Å². The molecule has 0 N–H and O–H groups in total. The standard InChI is InChI=1S/C11H9ClOS/c1-13-10-4-2-3-8(5-10)11-6-9(12)7-14-11/h2-7H,1H3. The number of ether oxygens (including phenoxy) is 1. The lowest BCUT2D eigenvalue weighted by Crippen LogP contribution is -1.81. The minimum Gasteiger partial charge on any atom is -0.497 e. The highest BCUT2D eigenvalue weighted by molar-refractivity contribution is 7.14. The molecular weight excluding hydrogens is 216 g/mol. The molecule has 0 saturated heterocycles. The molecule has 0 radical (unpaired) electrons. The van der Waals surface area contributed by atoms with E-state index < -0.39 is 0 Å². The number of thiophene rings is 1. The van der Waals surface area contributed by atoms with Crippen LogP contribution in [-0.4, -0.2) is 7.11 Å². The van der Waals surface area contributed by atoms with E-state index in [0.29, 0.717) is 0 Å². The largest absolute Gasteiger partial charge is 0.497 e. The van der Waals surface area contributed by atoms with Crippen LogP contribution in [0.1, 0.15) is 0 Å². The van der Waals surface area contributed by atoms with Gasteiger partial charge in [-0.2, -0.15) is 0 Å². The van der Waals surface area contributed by atoms with E-state index in [1.54, 1.807) is 18.4 Å². The lowest BCUT2D eigenvalue weighted by molar-refractivity contribution is 0.415. The third-order valence-electron chi connectivity index (χ3n) is 1.92. The summed E-state index contributed by atoms with van der Waals surface area (Å²) in [4.78, 5) is 1.16. The number of hydrogen-bond acceptors (Lipinski definition) is 2. The Morgan fingerprint density at radius 1 is 1.29 bits per heavy atom. The number of hydrogen-bond donors (Lipinski definition) is 0. The van der Waals surface area contributed by atoms with E-state index in [0.717, 1.165) is 21.2 Å². The molecular formula is C11H9ClOS. The normalized spacial score (nSPS) is 10.1. The van der Waals surface area contributed by atoms with Crippen LogP contribution in [0.15, 0.2) is 35.7 Å². The second-order valence-electron chi connectivity index (χ2n) is 2.86. The molecule has 0 spiro atoms. The Balaban J connectivity index is 2.41. The summed E-state index contributed by atoms with van der Waals surface area (Å²) >= 11 is 7.50. The van der Waals surface area contributed by atoms with Crippen molar-refractivity contribution in [2.75, 3.05) is 7.11 Å². The van der Waals surface area contributed by atoms with E-state index in [-0.39, 0.29) is 0 Å². The fraction of sp³-hybridized carbons (Fsp3) is 0.0909. The van der Waals surface area contributed by atoms with E-state index in [2.05, 4.69) is 0 Å². The molecule has 0 fully saturated rings. The number of benzene rings is 1. The Hall–Kier alpha value is -0.990. The molecule has 0 aliphatic rings. The first-order valence-corrected chi connectivity index (χ1v) is 5.44. The van der Waals surface area contributed by atoms with Gasteiger partial charge in [0.1, 0.15) is 5.75 Å². The SMILES string of the molecule is COc1cccc(-c2cc(Cl)cs2)c1. The Labute approximate surface area is 91.9 Å². The molecule has 72 valence electrons. The summed E-state index contributed by atoms with van der Waals surface area (Å²) in [5, 5.41) is 2.71. The Kier molecular flexibility index (Phi) is 2.75. The van der Waals surface area contributed by atoms with E-state index in [4.69, 9.17) is 16.3 Å². The first kappa shape index (κ1) is 9.56. The molecule has 0 atom stereocenters. The maximum Gasteiger partial charge on any atom is 0.119 e. The van der Waals surface area contributed by atoms with Crippen molar-refractivity contribution in [2.24, 2.45) is 0 Å². The van der Waals surface area contributed by atoms with Crippen LogP contribution in [0.2, 0.25) is 5.02 Å². The quantitative estimate of drug-likeness (QED) is 0.747. The van der Waals surface area contributed by atoms with Crippen LogP contribution in [0.25, 0.3) is 10.4 Å². The van der Waals surface area contributed by atoms with Gasteiger partial charge in [-0.15, -0.1) is 11.3 Å². The number of methoxy groups -OCH3 is 1. The van der Waals surface area contributed by atoms with Gasteiger partial charge in [-0.3, -0.25) is 0 Å². The summed E-state index contributed by atoms with van der Waals surface area (Å²) < 4.78 is 5.15. The number of rotatable bonds is 2. The number of halogens is 1. The van der Waals surface area contributed by atoms with Crippen molar-refractivity contribution in [2.45, 2.75) is 0 Å². The fourth-order valence-electron chi connectivity index (χ4n) is 1.24. The Bertz CT molecular complexity index is 436. The Morgan fingerprint density at radius 3 is 2.79 bits per heavy atom. The minimum atomic E-state index is 0.785. The lowest BCUT2D eigenvalue weighted by Gasteiger charge is -2.01. The van der Waals surface area contributed by atoms with Crippen LogP contribution >= 0.6 is 22.9 Å². The van der Waals surface area contributed by atoms with E-state index >= 15 is 0 Å². The second-order valence-corrected chi connectivity index (χ2v) is 4.21. The summed E-state index contributed by atoms with van der Waals surface area (Å²) in [7, 11) is 1.67. The molecule has 0 aliphatic carbocycles. The molecule has 0 saturated carbocycles. The molecule has 14 heavy (non-hydrogen) atoms. The van der Waals surface area contributed by atoms with Gasteiger partial charge in [0.15, 0.2) is 0 Å². The van der Waals surface area contributed by atoms with Crippen LogP contribution in [0.4, 0.5) is 0 Å². The molecule has 1 aromatic carbocycles. The van der Waals surface area contributed by atoms with Crippen molar-refractivity contribution in [3.05, 3.63) is 40.7 Å². The van der Waals surface area contributed by atoms with Crippen LogP contribution in [-0.2, 0) is 0 Å². The maximum atomic E-state index is 5.86. The third-order valence-corrected chi connectivity index (χ3v) is 3.25. The van der Waals surface area contributed by atoms with Gasteiger partial charge >= 0.3 is 0 Å². The van der Waals surface area contributed by atoms with Gasteiger partial charge in [0.05, 0.1) is 12.1 Å². The topological polar surface area (TPSA) is 9.23 Å². The average Bonchev–Trinajstić information content (AvgIpc) is 2.65. The van der Waals surface area contributed by atoms with Crippen molar-refractivity contribution < 1.29 is 4.74 Å². The van der Waals surface area contributed by atoms with Crippen molar-refractivity contribution >= 4 is 22.9 Å². The van der Waals surface area contributed by atoms with Crippen LogP contribution in [0.3, 0.4) is 0 Å². The van der Waals surface area contributed by atoms with E-state index in [1.807, 2.05) is 35.7 Å². The molecule has 1 nitrogen and oxygen atoms in total. The smallest absolute Gasteiger partial charge is 0.119 e. The fourth-order valence-corrected chi connectivity index (χ4v) is 2.31. The van der Waals surface area contributed by atoms with Crippen LogP contribution < -0.4 is 4.74 Å². The zero-order valence-electron chi connectivity index (χ0n) is 7.66. The first-order valence-electron chi connectivity index (χ1n) is 4.18. The maximum absolute atomic E-state index is 5.86. The van der Waals surface area contributed by atoms with Crippen LogP contribution in [0.5, 0.6) is 5.75 Å². The molecule has 2 aromatic rings. The average molecular weight is 225 g/mol. The summed E-state index contributed by atoms with van der Waals surface area (Å²) in [5.74, 6) is 0.868. The van der Waals surface area contributed by atoms with Crippen molar-refractivity contribution in [3.63, 3.8) is 0 Å². The van der Waals surface area contributed by atoms with Gasteiger partial charge in [0, 0.05) is 10.3 Å². The lowest BCUT2D eigenvalue weighted by atomic mass is 10.2. The van der Waals surface area contributed by atoms with E-state index in [1.165, 1.54) is 0 Å². The van der Waals surface area contributed by atoms with Crippen molar-refractivity contribution in [1.82, 2.24) is 0 Å². The van der Waals surface area contributed by atoms with Crippen LogP contribution in [0, 0.1) is 0 Å². The van der Waals surface area contributed by atoms with Gasteiger partial charge < -0.3 is 4.74 Å². The molecule has 0 amide bonds. The Morgan fingerprint density at radius 2 is 2.14 bits per heavy atom. The summed E-state index contributed by atoms with van der Waals surface area (Å²) in [6.45, 7) is 0. The molecule has 2 rings (SSSR count). The van der Waals surface area contributed by atoms with Crippen molar-refractivity contribution in [3.8, 4) is 16.2 Å². The monoisotopic (exact) mass is 224 g/mol. The minimum absolute atomic E-state index is 0.785. The van der Waals surface area contributed by atoms with Crippen molar-refractivity contribution in [1.29, 1.82) is 0 Å². The van der Waals surface area contributed by atoms with Gasteiger partial charge in [-0.1, -0.05) is 23.7 Å².